The minimum Gasteiger partial charge on any atom is -0.342 e. The quantitative estimate of drug-likeness (QED) is 0.806. The molecule has 0 saturated carbocycles. The highest BCUT2D eigenvalue weighted by Gasteiger charge is 2.38. The lowest BCUT2D eigenvalue weighted by atomic mass is 9.78. The Hall–Kier alpha value is -0.860. The molecule has 2 aliphatic heterocycles. The molecule has 146 valence electrons. The van der Waals surface area contributed by atoms with Gasteiger partial charge in [-0.15, -0.1) is 12.4 Å². The molecule has 0 unspecified atom stereocenters. The highest BCUT2D eigenvalue weighted by molar-refractivity contribution is 7.89. The van der Waals surface area contributed by atoms with Crippen molar-refractivity contribution in [3.63, 3.8) is 0 Å². The third-order valence-electron chi connectivity index (χ3n) is 5.39. The summed E-state index contributed by atoms with van der Waals surface area (Å²) in [6.45, 7) is 3.34. The van der Waals surface area contributed by atoms with Crippen LogP contribution in [0, 0.1) is 5.41 Å². The molecular formula is C17H25Cl2N3O3S. The number of nitrogens with zero attached hydrogens (tertiary/aromatic N) is 2. The predicted molar refractivity (Wildman–Crippen MR) is 104 cm³/mol. The number of likely N-dealkylation sites (N-methyl/N-ethyl adjacent to an activating group) is 1. The van der Waals surface area contributed by atoms with Gasteiger partial charge in [-0.25, -0.2) is 8.42 Å². The number of halogens is 2. The molecule has 6 nitrogen and oxygen atoms in total. The van der Waals surface area contributed by atoms with Crippen LogP contribution in [0.2, 0.25) is 5.02 Å². The summed E-state index contributed by atoms with van der Waals surface area (Å²) >= 11 is 5.80. The van der Waals surface area contributed by atoms with E-state index in [-0.39, 0.29) is 29.8 Å². The second-order valence-corrected chi connectivity index (χ2v) is 9.50. The van der Waals surface area contributed by atoms with Gasteiger partial charge in [0.1, 0.15) is 0 Å². The van der Waals surface area contributed by atoms with Crippen LogP contribution < -0.4 is 5.32 Å². The summed E-state index contributed by atoms with van der Waals surface area (Å²) in [5, 5.41) is 3.87. The molecule has 0 aromatic heterocycles. The van der Waals surface area contributed by atoms with E-state index in [1.54, 1.807) is 4.90 Å². The third kappa shape index (κ3) is 4.51. The van der Waals surface area contributed by atoms with Gasteiger partial charge in [0.05, 0.1) is 11.4 Å². The summed E-state index contributed by atoms with van der Waals surface area (Å²) in [6, 6.07) is 5.97. The Balaban J connectivity index is 0.00000243. The van der Waals surface area contributed by atoms with E-state index in [0.29, 0.717) is 23.5 Å². The molecule has 26 heavy (non-hydrogen) atoms. The molecule has 1 N–H and O–H groups in total. The highest BCUT2D eigenvalue weighted by atomic mass is 35.5. The van der Waals surface area contributed by atoms with Gasteiger partial charge in [-0.1, -0.05) is 11.6 Å². The standard InChI is InChI=1S/C17H24ClN3O3S.ClH/c1-20(25(23,24)15-4-2-14(18)3-5-15)12-16(22)21-10-7-17(8-11-21)6-9-19-13-17;/h2-5,19H,6-13H2,1H3;1H. The van der Waals surface area contributed by atoms with Crippen molar-refractivity contribution >= 4 is 39.9 Å². The van der Waals surface area contributed by atoms with E-state index in [1.807, 2.05) is 0 Å². The number of benzene rings is 1. The first-order chi connectivity index (χ1) is 11.8. The van der Waals surface area contributed by atoms with E-state index >= 15 is 0 Å². The molecule has 2 fully saturated rings. The first-order valence-electron chi connectivity index (χ1n) is 8.53. The molecule has 0 radical (unpaired) electrons. The van der Waals surface area contributed by atoms with Gasteiger partial charge < -0.3 is 10.2 Å². The fraction of sp³-hybridized carbons (Fsp3) is 0.588. The largest absolute Gasteiger partial charge is 0.342 e. The molecule has 2 aliphatic rings. The minimum absolute atomic E-state index is 0. The van der Waals surface area contributed by atoms with Crippen molar-refractivity contribution in [1.82, 2.24) is 14.5 Å². The van der Waals surface area contributed by atoms with Crippen molar-refractivity contribution in [1.29, 1.82) is 0 Å². The number of sulfonamides is 1. The monoisotopic (exact) mass is 421 g/mol. The number of hydrogen-bond acceptors (Lipinski definition) is 4. The Morgan fingerprint density at radius 2 is 1.85 bits per heavy atom. The van der Waals surface area contributed by atoms with Crippen molar-refractivity contribution in [2.24, 2.45) is 5.41 Å². The van der Waals surface area contributed by atoms with E-state index in [2.05, 4.69) is 5.32 Å². The number of nitrogens with one attached hydrogen (secondary N) is 1. The molecule has 0 aliphatic carbocycles. The van der Waals surface area contributed by atoms with E-state index in [0.717, 1.165) is 30.2 Å². The van der Waals surface area contributed by atoms with Crippen LogP contribution in [-0.4, -0.2) is 63.3 Å². The summed E-state index contributed by atoms with van der Waals surface area (Å²) in [5.74, 6) is -0.138. The van der Waals surface area contributed by atoms with Crippen molar-refractivity contribution < 1.29 is 13.2 Å². The molecule has 9 heteroatoms. The van der Waals surface area contributed by atoms with E-state index in [1.165, 1.54) is 37.7 Å². The van der Waals surface area contributed by atoms with Gasteiger partial charge in [-0.3, -0.25) is 4.79 Å². The number of amides is 1. The first-order valence-corrected chi connectivity index (χ1v) is 10.3. The maximum atomic E-state index is 12.6. The van der Waals surface area contributed by atoms with Crippen LogP contribution in [0.5, 0.6) is 0 Å². The van der Waals surface area contributed by atoms with Crippen LogP contribution in [0.3, 0.4) is 0 Å². The normalized spacial score (nSPS) is 19.6. The Bertz CT molecular complexity index is 724. The summed E-state index contributed by atoms with van der Waals surface area (Å²) < 4.78 is 26.3. The number of piperidine rings is 1. The zero-order valence-electron chi connectivity index (χ0n) is 14.8. The van der Waals surface area contributed by atoms with E-state index in [9.17, 15) is 13.2 Å². The Morgan fingerprint density at radius 3 is 2.38 bits per heavy atom. The van der Waals surface area contributed by atoms with Crippen LogP contribution in [-0.2, 0) is 14.8 Å². The second-order valence-electron chi connectivity index (χ2n) is 7.02. The van der Waals surface area contributed by atoms with Gasteiger partial charge in [0.25, 0.3) is 0 Å². The average Bonchev–Trinajstić information content (AvgIpc) is 3.03. The fourth-order valence-corrected chi connectivity index (χ4v) is 4.86. The van der Waals surface area contributed by atoms with Crippen molar-refractivity contribution in [3.05, 3.63) is 29.3 Å². The maximum absolute atomic E-state index is 12.6. The van der Waals surface area contributed by atoms with Crippen LogP contribution in [0.1, 0.15) is 19.3 Å². The summed E-state index contributed by atoms with van der Waals surface area (Å²) in [4.78, 5) is 14.5. The van der Waals surface area contributed by atoms with Gasteiger partial charge >= 0.3 is 0 Å². The smallest absolute Gasteiger partial charge is 0.243 e. The number of carbonyl (C=O) groups is 1. The number of likely N-dealkylation sites (tertiary alicyclic amines) is 1. The SMILES string of the molecule is CN(CC(=O)N1CCC2(CCNC2)CC1)S(=O)(=O)c1ccc(Cl)cc1.Cl. The number of rotatable bonds is 4. The van der Waals surface area contributed by atoms with Crippen LogP contribution in [0.25, 0.3) is 0 Å². The van der Waals surface area contributed by atoms with Crippen molar-refractivity contribution in [2.75, 3.05) is 39.8 Å². The van der Waals surface area contributed by atoms with Gasteiger partial charge in [0.15, 0.2) is 0 Å². The lowest BCUT2D eigenvalue weighted by molar-refractivity contribution is -0.133. The van der Waals surface area contributed by atoms with Crippen molar-refractivity contribution in [3.8, 4) is 0 Å². The molecule has 1 aromatic rings. The zero-order valence-corrected chi connectivity index (χ0v) is 17.2. The molecule has 3 rings (SSSR count). The van der Waals surface area contributed by atoms with Gasteiger partial charge in [-0.2, -0.15) is 4.31 Å². The topological polar surface area (TPSA) is 69.7 Å². The minimum atomic E-state index is -3.69. The Labute approximate surface area is 166 Å². The number of carbonyl (C=O) groups excluding carboxylic acids is 1. The second kappa shape index (κ2) is 8.44. The highest BCUT2D eigenvalue weighted by Crippen LogP contribution is 2.36. The van der Waals surface area contributed by atoms with Gasteiger partial charge in [0.2, 0.25) is 15.9 Å². The van der Waals surface area contributed by atoms with Crippen LogP contribution in [0.15, 0.2) is 29.2 Å². The van der Waals surface area contributed by atoms with Crippen LogP contribution >= 0.6 is 24.0 Å². The van der Waals surface area contributed by atoms with Crippen LogP contribution in [0.4, 0.5) is 0 Å². The summed E-state index contributed by atoms with van der Waals surface area (Å²) in [6.07, 6.45) is 3.14. The average molecular weight is 422 g/mol. The molecule has 1 amide bonds. The lowest BCUT2D eigenvalue weighted by Crippen LogP contribution is -2.47. The molecular weight excluding hydrogens is 397 g/mol. The zero-order chi connectivity index (χ0) is 18.1. The summed E-state index contributed by atoms with van der Waals surface area (Å²) in [7, 11) is -2.26. The molecule has 0 bridgehead atoms. The fourth-order valence-electron chi connectivity index (χ4n) is 3.61. The summed E-state index contributed by atoms with van der Waals surface area (Å²) in [5.41, 5.74) is 0.331. The van der Waals surface area contributed by atoms with Gasteiger partial charge in [-0.05, 0) is 55.5 Å². The van der Waals surface area contributed by atoms with Gasteiger partial charge in [0, 0.05) is 31.7 Å². The predicted octanol–water partition coefficient (Wildman–Crippen LogP) is 1.98. The molecule has 2 saturated heterocycles. The molecule has 1 spiro atoms. The Morgan fingerprint density at radius 1 is 1.23 bits per heavy atom. The third-order valence-corrected chi connectivity index (χ3v) is 7.46. The Kier molecular flexibility index (Phi) is 6.96. The maximum Gasteiger partial charge on any atom is 0.243 e. The first kappa shape index (κ1) is 21.4. The van der Waals surface area contributed by atoms with E-state index in [4.69, 9.17) is 11.6 Å². The molecule has 0 atom stereocenters. The molecule has 2 heterocycles. The van der Waals surface area contributed by atoms with E-state index < -0.39 is 10.0 Å². The number of hydrogen-bond donors (Lipinski definition) is 1. The molecule has 1 aromatic carbocycles. The van der Waals surface area contributed by atoms with Crippen molar-refractivity contribution in [2.45, 2.75) is 24.2 Å². The lowest BCUT2D eigenvalue weighted by Gasteiger charge is -2.39.